The lowest BCUT2D eigenvalue weighted by Gasteiger charge is -2.29. The molecule has 3 aromatic carbocycles. The fourth-order valence-electron chi connectivity index (χ4n) is 8.88. The number of ketones is 1. The first kappa shape index (κ1) is 66.1. The van der Waals surface area contributed by atoms with Gasteiger partial charge in [0.1, 0.15) is 42.3 Å². The van der Waals surface area contributed by atoms with E-state index in [0.29, 0.717) is 36.1 Å². The fourth-order valence-corrected chi connectivity index (χ4v) is 8.88. The van der Waals surface area contributed by atoms with Crippen molar-refractivity contribution in [3.05, 3.63) is 126 Å². The number of amides is 8. The zero-order chi connectivity index (χ0) is 60.5. The van der Waals surface area contributed by atoms with Gasteiger partial charge in [0, 0.05) is 44.6 Å². The highest BCUT2D eigenvalue weighted by Gasteiger charge is 2.36. The van der Waals surface area contributed by atoms with Crippen molar-refractivity contribution in [2.24, 2.45) is 23.3 Å². The van der Waals surface area contributed by atoms with E-state index in [1.54, 1.807) is 51.1 Å². The van der Waals surface area contributed by atoms with Crippen molar-refractivity contribution in [2.45, 2.75) is 148 Å². The summed E-state index contributed by atoms with van der Waals surface area (Å²) in [5, 5.41) is 31.3. The Bertz CT molecular complexity index is 2800. The van der Waals surface area contributed by atoms with Gasteiger partial charge in [0.2, 0.25) is 47.3 Å². The molecule has 0 saturated heterocycles. The van der Waals surface area contributed by atoms with Crippen LogP contribution in [0.5, 0.6) is 0 Å². The summed E-state index contributed by atoms with van der Waals surface area (Å²) >= 11 is 0. The normalized spacial score (nSPS) is 14.0. The predicted molar refractivity (Wildman–Crippen MR) is 309 cm³/mol. The highest BCUT2D eigenvalue weighted by atomic mass is 16.4. The van der Waals surface area contributed by atoms with Crippen LogP contribution in [-0.2, 0) is 67.2 Å². The molecule has 442 valence electrons. The van der Waals surface area contributed by atoms with E-state index in [1.165, 1.54) is 19.3 Å². The topological polar surface area (TPSA) is 352 Å². The predicted octanol–water partition coefficient (Wildman–Crippen LogP) is 1.84. The zero-order valence-electron chi connectivity index (χ0n) is 47.8. The van der Waals surface area contributed by atoms with Gasteiger partial charge in [-0.2, -0.15) is 0 Å². The number of aryl methyl sites for hydroxylation is 1. The zero-order valence-corrected chi connectivity index (χ0v) is 47.8. The molecule has 13 N–H and O–H groups in total. The number of rotatable bonds is 33. The van der Waals surface area contributed by atoms with Crippen molar-refractivity contribution in [3.8, 4) is 11.1 Å². The van der Waals surface area contributed by atoms with Crippen molar-refractivity contribution in [2.75, 3.05) is 13.1 Å². The number of aromatic nitrogens is 1. The first-order valence-electron chi connectivity index (χ1n) is 27.6. The Hall–Kier alpha value is -8.37. The molecule has 0 bridgehead atoms. The van der Waals surface area contributed by atoms with Gasteiger partial charge in [0.05, 0.1) is 12.5 Å². The van der Waals surface area contributed by atoms with E-state index in [-0.39, 0.29) is 50.4 Å². The maximum absolute atomic E-state index is 14.8. The number of hydrogen-bond acceptors (Lipinski definition) is 13. The smallest absolute Gasteiger partial charge is 0.305 e. The minimum Gasteiger partial charge on any atom is -0.481 e. The standard InChI is InChI=1S/C60H81N11O11/c1-8-51(73)64-50(34-62)59(81)69-46(31-40-23-26-63-27-24-40)55(77)70-49(33-52(74)75)57(79)68-48(32-41-15-12-14-37(6)29-41)56(78)66-45(28-35(2)3)54(76)67-47(30-39-19-21-43(22-20-39)42-16-10-9-11-17-42)58(80)71-53(36(4)5)60(82)65-44(38(7)72)18-13-25-61/h9-12,14-17,19-24,26-27,29,35-36,44-50,53H,8,13,18,25,28,30-34,61-62H2,1-7H3,(H,64,73)(H,65,82)(H,66,78)(H,67,76)(H,68,79)(H,69,81)(H,70,77)(H,71,80)(H,74,75)/t44-,45-,46-,47-,48-,49-,50-,53-/m0/s1. The maximum atomic E-state index is 14.8. The van der Waals surface area contributed by atoms with Crippen molar-refractivity contribution >= 4 is 59.0 Å². The van der Waals surface area contributed by atoms with Gasteiger partial charge in [-0.3, -0.25) is 52.9 Å². The molecule has 4 aromatic rings. The molecule has 0 aliphatic heterocycles. The third kappa shape index (κ3) is 21.9. The minimum atomic E-state index is -1.83. The average Bonchev–Trinajstić information content (AvgIpc) is 3.55. The summed E-state index contributed by atoms with van der Waals surface area (Å²) in [7, 11) is 0. The van der Waals surface area contributed by atoms with Crippen LogP contribution in [0, 0.1) is 18.8 Å². The van der Waals surface area contributed by atoms with Crippen LogP contribution in [0.15, 0.2) is 103 Å². The molecule has 0 saturated carbocycles. The summed E-state index contributed by atoms with van der Waals surface area (Å²) in [6.45, 7) is 11.8. The fraction of sp³-hybridized carbons (Fsp3) is 0.450. The van der Waals surface area contributed by atoms with Gasteiger partial charge in [-0.1, -0.05) is 119 Å². The Morgan fingerprint density at radius 3 is 1.52 bits per heavy atom. The van der Waals surface area contributed by atoms with Crippen LogP contribution in [0.4, 0.5) is 0 Å². The SMILES string of the molecule is CCC(=O)N[C@@H](CN)C(=O)N[C@@H](Cc1ccncc1)C(=O)N[C@@H](CC(=O)O)C(=O)N[C@@H](Cc1cccc(C)c1)C(=O)N[C@@H](CC(C)C)C(=O)N[C@@H](Cc1ccc(-c2ccccc2)cc1)C(=O)N[C@H](C(=O)N[C@@H](CCCN)C(C)=O)C(C)C. The Balaban J connectivity index is 1.68. The van der Waals surface area contributed by atoms with E-state index >= 15 is 0 Å². The molecule has 0 radical (unpaired) electrons. The number of hydrogen-bond donors (Lipinski definition) is 11. The molecule has 1 aromatic heterocycles. The lowest BCUT2D eigenvalue weighted by Crippen LogP contribution is -2.61. The number of aliphatic carboxylic acids is 1. The maximum Gasteiger partial charge on any atom is 0.305 e. The third-order valence-corrected chi connectivity index (χ3v) is 13.4. The highest BCUT2D eigenvalue weighted by molar-refractivity contribution is 5.99. The molecule has 0 spiro atoms. The summed E-state index contributed by atoms with van der Waals surface area (Å²) in [5.74, 6) is -8.86. The molecular weight excluding hydrogens is 1050 g/mol. The molecule has 4 rings (SSSR count). The summed E-state index contributed by atoms with van der Waals surface area (Å²) in [4.78, 5) is 141. The van der Waals surface area contributed by atoms with E-state index < -0.39 is 114 Å². The first-order chi connectivity index (χ1) is 39.0. The van der Waals surface area contributed by atoms with Gasteiger partial charge in [0.25, 0.3) is 0 Å². The van der Waals surface area contributed by atoms with Crippen LogP contribution in [0.2, 0.25) is 0 Å². The van der Waals surface area contributed by atoms with Gasteiger partial charge < -0.3 is 59.1 Å². The third-order valence-electron chi connectivity index (χ3n) is 13.4. The van der Waals surface area contributed by atoms with Crippen LogP contribution in [0.25, 0.3) is 11.1 Å². The summed E-state index contributed by atoms with van der Waals surface area (Å²) < 4.78 is 0. The van der Waals surface area contributed by atoms with Gasteiger partial charge >= 0.3 is 5.97 Å². The molecular formula is C60H81N11O11. The van der Waals surface area contributed by atoms with Crippen LogP contribution >= 0.6 is 0 Å². The lowest BCUT2D eigenvalue weighted by molar-refractivity contribution is -0.141. The molecule has 22 nitrogen and oxygen atoms in total. The monoisotopic (exact) mass is 1130 g/mol. The number of nitrogens with one attached hydrogen (secondary N) is 8. The molecule has 0 aliphatic carbocycles. The molecule has 22 heteroatoms. The molecule has 0 fully saturated rings. The second-order valence-corrected chi connectivity index (χ2v) is 21.1. The van der Waals surface area contributed by atoms with Crippen LogP contribution in [-0.4, -0.2) is 131 Å². The van der Waals surface area contributed by atoms with E-state index in [0.717, 1.165) is 16.7 Å². The quantitative estimate of drug-likeness (QED) is 0.0325. The second-order valence-electron chi connectivity index (χ2n) is 21.1. The number of carboxylic acid groups (broad SMARTS) is 1. The Morgan fingerprint density at radius 2 is 1.01 bits per heavy atom. The van der Waals surface area contributed by atoms with Crippen LogP contribution in [0.3, 0.4) is 0 Å². The molecule has 0 aliphatic rings. The van der Waals surface area contributed by atoms with Crippen LogP contribution < -0.4 is 54.0 Å². The number of carbonyl (C=O) groups excluding carboxylic acids is 9. The van der Waals surface area contributed by atoms with E-state index in [1.807, 2.05) is 81.4 Å². The van der Waals surface area contributed by atoms with Gasteiger partial charge in [-0.25, -0.2) is 0 Å². The molecule has 8 atom stereocenters. The van der Waals surface area contributed by atoms with Gasteiger partial charge in [-0.05, 0) is 91.4 Å². The van der Waals surface area contributed by atoms with Crippen molar-refractivity contribution in [1.29, 1.82) is 0 Å². The highest BCUT2D eigenvalue weighted by Crippen LogP contribution is 2.21. The number of benzene rings is 3. The number of Topliss-reactive ketones (excluding diaryl/α,β-unsaturated/α-hetero) is 1. The number of nitrogens with two attached hydrogens (primary N) is 2. The van der Waals surface area contributed by atoms with Gasteiger partial charge in [0.15, 0.2) is 5.78 Å². The summed E-state index contributed by atoms with van der Waals surface area (Å²) in [5.41, 5.74) is 15.9. The number of carboxylic acids is 1. The lowest BCUT2D eigenvalue weighted by atomic mass is 9.97. The molecule has 1 heterocycles. The Morgan fingerprint density at radius 1 is 0.524 bits per heavy atom. The second kappa shape index (κ2) is 33.4. The van der Waals surface area contributed by atoms with Crippen molar-refractivity contribution < 1.29 is 53.1 Å². The molecule has 0 unspecified atom stereocenters. The van der Waals surface area contributed by atoms with Crippen molar-refractivity contribution in [1.82, 2.24) is 47.5 Å². The van der Waals surface area contributed by atoms with E-state index in [2.05, 4.69) is 47.5 Å². The average molecular weight is 1130 g/mol. The van der Waals surface area contributed by atoms with E-state index in [4.69, 9.17) is 11.5 Å². The minimum absolute atomic E-state index is 0.0322. The molecule has 82 heavy (non-hydrogen) atoms. The largest absolute Gasteiger partial charge is 0.481 e. The molecule has 8 amide bonds. The number of pyridine rings is 1. The number of nitrogens with zero attached hydrogens (tertiary/aromatic N) is 1. The Labute approximate surface area is 479 Å². The first-order valence-corrected chi connectivity index (χ1v) is 27.6. The summed E-state index contributed by atoms with van der Waals surface area (Å²) in [6, 6.07) is 16.5. The number of carbonyl (C=O) groups is 10. The summed E-state index contributed by atoms with van der Waals surface area (Å²) in [6.07, 6.45) is 2.38. The van der Waals surface area contributed by atoms with Gasteiger partial charge in [-0.15, -0.1) is 0 Å². The van der Waals surface area contributed by atoms with E-state index in [9.17, 15) is 53.1 Å². The van der Waals surface area contributed by atoms with Crippen LogP contribution in [0.1, 0.15) is 95.9 Å². The van der Waals surface area contributed by atoms with Crippen molar-refractivity contribution in [3.63, 3.8) is 0 Å². The Kier molecular flexibility index (Phi) is 26.9.